The maximum atomic E-state index is 6.09. The summed E-state index contributed by atoms with van der Waals surface area (Å²) in [6.07, 6.45) is 4.88. The van der Waals surface area contributed by atoms with Gasteiger partial charge in [0.15, 0.2) is 0 Å². The maximum Gasteiger partial charge on any atom is 0.138 e. The van der Waals surface area contributed by atoms with E-state index in [1.807, 2.05) is 30.5 Å². The first-order valence-corrected chi connectivity index (χ1v) is 10.7. The molecule has 0 saturated carbocycles. The SMILES string of the molecule is Nc1ccc(Cc2ccc(Cl)cc2)c(-c2ccnc3[nH]c(C4CCNCC4)cc23)n1. The summed E-state index contributed by atoms with van der Waals surface area (Å²) in [5, 5.41) is 5.27. The van der Waals surface area contributed by atoms with E-state index in [-0.39, 0.29) is 0 Å². The lowest BCUT2D eigenvalue weighted by molar-refractivity contribution is 0.455. The van der Waals surface area contributed by atoms with Crippen molar-refractivity contribution >= 4 is 28.5 Å². The zero-order valence-corrected chi connectivity index (χ0v) is 17.4. The van der Waals surface area contributed by atoms with Gasteiger partial charge in [0.25, 0.3) is 0 Å². The summed E-state index contributed by atoms with van der Waals surface area (Å²) in [6, 6.07) is 16.2. The Hall–Kier alpha value is -2.89. The Morgan fingerprint density at radius 2 is 1.83 bits per heavy atom. The van der Waals surface area contributed by atoms with E-state index < -0.39 is 0 Å². The van der Waals surface area contributed by atoms with Gasteiger partial charge in [0.05, 0.1) is 5.69 Å². The van der Waals surface area contributed by atoms with Gasteiger partial charge in [-0.15, -0.1) is 0 Å². The van der Waals surface area contributed by atoms with E-state index in [2.05, 4.69) is 39.6 Å². The quantitative estimate of drug-likeness (QED) is 0.440. The Balaban J connectivity index is 1.58. The molecule has 0 spiro atoms. The van der Waals surface area contributed by atoms with Gasteiger partial charge < -0.3 is 16.0 Å². The number of nitrogens with two attached hydrogens (primary N) is 1. The van der Waals surface area contributed by atoms with E-state index in [0.717, 1.165) is 65.2 Å². The monoisotopic (exact) mass is 417 g/mol. The minimum absolute atomic E-state index is 0.518. The van der Waals surface area contributed by atoms with E-state index in [1.165, 1.54) is 11.3 Å². The highest BCUT2D eigenvalue weighted by atomic mass is 35.5. The van der Waals surface area contributed by atoms with Crippen LogP contribution in [0.5, 0.6) is 0 Å². The third-order valence-electron chi connectivity index (χ3n) is 5.89. The summed E-state index contributed by atoms with van der Waals surface area (Å²) in [7, 11) is 0. The predicted octanol–water partition coefficient (Wildman–Crippen LogP) is 4.92. The number of piperidine rings is 1. The first kappa shape index (κ1) is 19.1. The number of pyridine rings is 2. The number of hydrogen-bond donors (Lipinski definition) is 3. The molecule has 0 atom stereocenters. The standard InChI is InChI=1S/C24H24ClN5/c25-18-4-1-15(2-5-18)13-17-3-6-22(26)30-23(17)19-9-12-28-24-20(19)14-21(29-24)16-7-10-27-11-8-16/h1-6,9,12,14,16,27H,7-8,10-11,13H2,(H2,26,30)(H,28,29). The van der Waals surface area contributed by atoms with Gasteiger partial charge in [0.1, 0.15) is 11.5 Å². The summed E-state index contributed by atoms with van der Waals surface area (Å²) in [4.78, 5) is 12.9. The largest absolute Gasteiger partial charge is 0.384 e. The molecule has 1 fully saturated rings. The highest BCUT2D eigenvalue weighted by molar-refractivity contribution is 6.30. The molecule has 3 aromatic heterocycles. The van der Waals surface area contributed by atoms with E-state index in [4.69, 9.17) is 22.3 Å². The van der Waals surface area contributed by atoms with Gasteiger partial charge in [0, 0.05) is 33.8 Å². The molecule has 1 aliphatic rings. The molecule has 0 aliphatic carbocycles. The summed E-state index contributed by atoms with van der Waals surface area (Å²) >= 11 is 6.05. The van der Waals surface area contributed by atoms with Crippen LogP contribution in [0.3, 0.4) is 0 Å². The van der Waals surface area contributed by atoms with E-state index in [9.17, 15) is 0 Å². The molecule has 1 aliphatic heterocycles. The number of fused-ring (bicyclic) bond motifs is 1. The average molecular weight is 418 g/mol. The highest BCUT2D eigenvalue weighted by Crippen LogP contribution is 2.34. The number of aromatic amines is 1. The maximum absolute atomic E-state index is 6.09. The fourth-order valence-corrected chi connectivity index (χ4v) is 4.43. The van der Waals surface area contributed by atoms with E-state index >= 15 is 0 Å². The van der Waals surface area contributed by atoms with Crippen LogP contribution in [0.1, 0.15) is 35.6 Å². The fourth-order valence-electron chi connectivity index (χ4n) is 4.31. The van der Waals surface area contributed by atoms with Crippen molar-refractivity contribution in [3.63, 3.8) is 0 Å². The molecule has 0 radical (unpaired) electrons. The molecule has 6 heteroatoms. The lowest BCUT2D eigenvalue weighted by Crippen LogP contribution is -2.26. The molecule has 0 unspecified atom stereocenters. The first-order chi connectivity index (χ1) is 14.7. The molecule has 5 rings (SSSR count). The van der Waals surface area contributed by atoms with Crippen molar-refractivity contribution < 1.29 is 0 Å². The number of nitrogens with zero attached hydrogens (tertiary/aromatic N) is 2. The van der Waals surface area contributed by atoms with Crippen molar-refractivity contribution in [2.75, 3.05) is 18.8 Å². The number of aromatic nitrogens is 3. The molecule has 0 amide bonds. The molecule has 30 heavy (non-hydrogen) atoms. The topological polar surface area (TPSA) is 79.6 Å². The fraction of sp³-hybridized carbons (Fsp3) is 0.250. The van der Waals surface area contributed by atoms with Gasteiger partial charge in [-0.3, -0.25) is 0 Å². The number of rotatable bonds is 4. The molecule has 0 bridgehead atoms. The van der Waals surface area contributed by atoms with Crippen molar-refractivity contribution in [2.45, 2.75) is 25.2 Å². The summed E-state index contributed by atoms with van der Waals surface area (Å²) in [5.41, 5.74) is 12.5. The van der Waals surface area contributed by atoms with E-state index in [0.29, 0.717) is 11.7 Å². The van der Waals surface area contributed by atoms with E-state index in [1.54, 1.807) is 0 Å². The van der Waals surface area contributed by atoms with Crippen LogP contribution < -0.4 is 11.1 Å². The van der Waals surface area contributed by atoms with Gasteiger partial charge >= 0.3 is 0 Å². The summed E-state index contributed by atoms with van der Waals surface area (Å²) < 4.78 is 0. The Kier molecular flexibility index (Phi) is 5.15. The van der Waals surface area contributed by atoms with Crippen molar-refractivity contribution in [2.24, 2.45) is 0 Å². The lowest BCUT2D eigenvalue weighted by Gasteiger charge is -2.21. The minimum Gasteiger partial charge on any atom is -0.384 e. The average Bonchev–Trinajstić information content (AvgIpc) is 3.22. The summed E-state index contributed by atoms with van der Waals surface area (Å²) in [5.74, 6) is 1.06. The normalized spacial score (nSPS) is 15.0. The van der Waals surface area contributed by atoms with Gasteiger partial charge in [0.2, 0.25) is 0 Å². The van der Waals surface area contributed by atoms with Gasteiger partial charge in [-0.2, -0.15) is 0 Å². The van der Waals surface area contributed by atoms with Gasteiger partial charge in [-0.25, -0.2) is 9.97 Å². The molecule has 1 aromatic carbocycles. The van der Waals surface area contributed by atoms with Crippen molar-refractivity contribution in [1.29, 1.82) is 0 Å². The second-order valence-electron chi connectivity index (χ2n) is 7.92. The number of nitrogen functional groups attached to an aromatic ring is 1. The van der Waals surface area contributed by atoms with Crippen LogP contribution in [0.25, 0.3) is 22.3 Å². The van der Waals surface area contributed by atoms with Crippen LogP contribution in [0, 0.1) is 0 Å². The molecule has 1 saturated heterocycles. The Morgan fingerprint density at radius 1 is 1.03 bits per heavy atom. The predicted molar refractivity (Wildman–Crippen MR) is 123 cm³/mol. The molecule has 4 heterocycles. The molecule has 4 aromatic rings. The third kappa shape index (κ3) is 3.78. The second kappa shape index (κ2) is 8.09. The number of H-pyrrole nitrogens is 1. The zero-order valence-electron chi connectivity index (χ0n) is 16.7. The van der Waals surface area contributed by atoms with Crippen LogP contribution in [0.2, 0.25) is 5.02 Å². The highest BCUT2D eigenvalue weighted by Gasteiger charge is 2.20. The van der Waals surface area contributed by atoms with Crippen molar-refractivity contribution in [3.8, 4) is 11.3 Å². The lowest BCUT2D eigenvalue weighted by atomic mass is 9.94. The van der Waals surface area contributed by atoms with Crippen LogP contribution in [-0.2, 0) is 6.42 Å². The molecular weight excluding hydrogens is 394 g/mol. The van der Waals surface area contributed by atoms with Crippen LogP contribution >= 0.6 is 11.6 Å². The molecular formula is C24H24ClN5. The number of nitrogens with one attached hydrogen (secondary N) is 2. The van der Waals surface area contributed by atoms with Crippen molar-refractivity contribution in [1.82, 2.24) is 20.3 Å². The van der Waals surface area contributed by atoms with Crippen molar-refractivity contribution in [3.05, 3.63) is 76.6 Å². The molecule has 152 valence electrons. The number of benzene rings is 1. The number of anilines is 1. The Morgan fingerprint density at radius 3 is 2.63 bits per heavy atom. The second-order valence-corrected chi connectivity index (χ2v) is 8.35. The van der Waals surface area contributed by atoms with Gasteiger partial charge in [-0.1, -0.05) is 29.8 Å². The van der Waals surface area contributed by atoms with Crippen LogP contribution in [-0.4, -0.2) is 28.0 Å². The Bertz CT molecular complexity index is 1180. The minimum atomic E-state index is 0.518. The number of halogens is 1. The first-order valence-electron chi connectivity index (χ1n) is 10.4. The molecule has 5 nitrogen and oxygen atoms in total. The zero-order chi connectivity index (χ0) is 20.5. The molecule has 4 N–H and O–H groups in total. The smallest absolute Gasteiger partial charge is 0.138 e. The Labute approximate surface area is 180 Å². The van der Waals surface area contributed by atoms with Crippen LogP contribution in [0.4, 0.5) is 5.82 Å². The summed E-state index contributed by atoms with van der Waals surface area (Å²) in [6.45, 7) is 2.12. The van der Waals surface area contributed by atoms with Crippen LogP contribution in [0.15, 0.2) is 54.7 Å². The number of hydrogen-bond acceptors (Lipinski definition) is 4. The third-order valence-corrected chi connectivity index (χ3v) is 6.15. The van der Waals surface area contributed by atoms with Gasteiger partial charge in [-0.05, 0) is 73.8 Å².